The SMILES string of the molecule is CC(C)C(=O)N[C@H](CC(N)C(=O)OCc1ccccc1)C(N)=O. The van der Waals surface area contributed by atoms with Gasteiger partial charge in [-0.25, -0.2) is 0 Å². The first-order valence-corrected chi connectivity index (χ1v) is 7.37. The largest absolute Gasteiger partial charge is 0.460 e. The molecule has 1 aromatic rings. The van der Waals surface area contributed by atoms with Crippen molar-refractivity contribution in [3.05, 3.63) is 35.9 Å². The molecular formula is C16H23N3O4. The fourth-order valence-corrected chi connectivity index (χ4v) is 1.77. The van der Waals surface area contributed by atoms with Crippen molar-refractivity contribution in [2.75, 3.05) is 0 Å². The third-order valence-electron chi connectivity index (χ3n) is 3.20. The number of nitrogens with one attached hydrogen (secondary N) is 1. The molecule has 126 valence electrons. The molecule has 0 saturated carbocycles. The number of nitrogens with two attached hydrogens (primary N) is 2. The fourth-order valence-electron chi connectivity index (χ4n) is 1.77. The minimum Gasteiger partial charge on any atom is -0.460 e. The van der Waals surface area contributed by atoms with E-state index in [0.717, 1.165) is 5.56 Å². The van der Waals surface area contributed by atoms with E-state index >= 15 is 0 Å². The summed E-state index contributed by atoms with van der Waals surface area (Å²) in [5, 5.41) is 2.47. The Kier molecular flexibility index (Phi) is 7.21. The van der Waals surface area contributed by atoms with Crippen LogP contribution in [0, 0.1) is 5.92 Å². The van der Waals surface area contributed by atoms with Crippen molar-refractivity contribution < 1.29 is 19.1 Å². The van der Waals surface area contributed by atoms with E-state index in [9.17, 15) is 14.4 Å². The van der Waals surface area contributed by atoms with Crippen molar-refractivity contribution in [1.82, 2.24) is 5.32 Å². The van der Waals surface area contributed by atoms with E-state index in [1.54, 1.807) is 13.8 Å². The molecule has 0 aliphatic heterocycles. The average Bonchev–Trinajstić information content (AvgIpc) is 2.52. The highest BCUT2D eigenvalue weighted by molar-refractivity contribution is 5.88. The Morgan fingerprint density at radius 1 is 1.17 bits per heavy atom. The summed E-state index contributed by atoms with van der Waals surface area (Å²) < 4.78 is 5.09. The lowest BCUT2D eigenvalue weighted by atomic mass is 10.1. The van der Waals surface area contributed by atoms with Crippen LogP contribution in [0.1, 0.15) is 25.8 Å². The standard InChI is InChI=1S/C16H23N3O4/c1-10(2)15(21)19-13(14(18)20)8-12(17)16(22)23-9-11-6-4-3-5-7-11/h3-7,10,12-13H,8-9,17H2,1-2H3,(H2,18,20)(H,19,21)/t12?,13-/m1/s1. The second kappa shape index (κ2) is 8.89. The molecule has 0 spiro atoms. The van der Waals surface area contributed by atoms with Gasteiger partial charge in [-0.2, -0.15) is 0 Å². The first-order chi connectivity index (χ1) is 10.8. The van der Waals surface area contributed by atoms with Crippen molar-refractivity contribution in [3.63, 3.8) is 0 Å². The van der Waals surface area contributed by atoms with Gasteiger partial charge < -0.3 is 21.5 Å². The highest BCUT2D eigenvalue weighted by atomic mass is 16.5. The molecule has 0 saturated heterocycles. The summed E-state index contributed by atoms with van der Waals surface area (Å²) in [6.07, 6.45) is -0.110. The summed E-state index contributed by atoms with van der Waals surface area (Å²) in [5.74, 6) is -2.04. The topological polar surface area (TPSA) is 125 Å². The van der Waals surface area contributed by atoms with E-state index < -0.39 is 24.0 Å². The number of amides is 2. The molecular weight excluding hydrogens is 298 g/mol. The second-order valence-electron chi connectivity index (χ2n) is 5.55. The zero-order valence-electron chi connectivity index (χ0n) is 13.3. The smallest absolute Gasteiger partial charge is 0.323 e. The molecule has 0 aliphatic rings. The maximum atomic E-state index is 11.9. The number of carbonyl (C=O) groups is 3. The van der Waals surface area contributed by atoms with Crippen LogP contribution in [0.4, 0.5) is 0 Å². The number of hydrogen-bond donors (Lipinski definition) is 3. The lowest BCUT2D eigenvalue weighted by Gasteiger charge is -2.20. The molecule has 5 N–H and O–H groups in total. The summed E-state index contributed by atoms with van der Waals surface area (Å²) in [5.41, 5.74) is 11.8. The van der Waals surface area contributed by atoms with E-state index in [1.807, 2.05) is 30.3 Å². The molecule has 7 heteroatoms. The van der Waals surface area contributed by atoms with Gasteiger partial charge in [0.05, 0.1) is 0 Å². The Bertz CT molecular complexity index is 546. The third kappa shape index (κ3) is 6.48. The number of esters is 1. The van der Waals surface area contributed by atoms with Gasteiger partial charge >= 0.3 is 5.97 Å². The molecule has 1 unspecified atom stereocenters. The fraction of sp³-hybridized carbons (Fsp3) is 0.438. The molecule has 1 aromatic carbocycles. The van der Waals surface area contributed by atoms with Crippen LogP contribution in [-0.2, 0) is 25.7 Å². The molecule has 0 aliphatic carbocycles. The van der Waals surface area contributed by atoms with Crippen LogP contribution in [0.5, 0.6) is 0 Å². The van der Waals surface area contributed by atoms with Gasteiger partial charge in [0.2, 0.25) is 11.8 Å². The number of ether oxygens (including phenoxy) is 1. The van der Waals surface area contributed by atoms with Crippen LogP contribution < -0.4 is 16.8 Å². The number of primary amides is 1. The van der Waals surface area contributed by atoms with Gasteiger partial charge in [-0.05, 0) is 5.56 Å². The van der Waals surface area contributed by atoms with E-state index in [2.05, 4.69) is 5.32 Å². The summed E-state index contributed by atoms with van der Waals surface area (Å²) in [6.45, 7) is 3.45. The van der Waals surface area contributed by atoms with Gasteiger partial charge in [0.1, 0.15) is 18.7 Å². The molecule has 7 nitrogen and oxygen atoms in total. The lowest BCUT2D eigenvalue weighted by molar-refractivity contribution is -0.147. The van der Waals surface area contributed by atoms with Crippen LogP contribution >= 0.6 is 0 Å². The Morgan fingerprint density at radius 2 is 1.78 bits per heavy atom. The summed E-state index contributed by atoms with van der Waals surface area (Å²) in [6, 6.07) is 7.07. The molecule has 0 radical (unpaired) electrons. The maximum Gasteiger partial charge on any atom is 0.323 e. The van der Waals surface area contributed by atoms with Gasteiger partial charge in [0.15, 0.2) is 0 Å². The first-order valence-electron chi connectivity index (χ1n) is 7.37. The highest BCUT2D eigenvalue weighted by Crippen LogP contribution is 2.05. The molecule has 2 atom stereocenters. The van der Waals surface area contributed by atoms with Gasteiger partial charge in [-0.15, -0.1) is 0 Å². The summed E-state index contributed by atoms with van der Waals surface area (Å²) >= 11 is 0. The Morgan fingerprint density at radius 3 is 2.30 bits per heavy atom. The summed E-state index contributed by atoms with van der Waals surface area (Å²) in [4.78, 5) is 34.9. The van der Waals surface area contributed by atoms with Gasteiger partial charge in [-0.3, -0.25) is 14.4 Å². The van der Waals surface area contributed by atoms with Gasteiger partial charge in [0, 0.05) is 12.3 Å². The second-order valence-corrected chi connectivity index (χ2v) is 5.55. The number of hydrogen-bond acceptors (Lipinski definition) is 5. The maximum absolute atomic E-state index is 11.9. The number of rotatable bonds is 8. The Balaban J connectivity index is 2.53. The van der Waals surface area contributed by atoms with Crippen LogP contribution in [0.2, 0.25) is 0 Å². The van der Waals surface area contributed by atoms with Crippen LogP contribution in [0.15, 0.2) is 30.3 Å². The van der Waals surface area contributed by atoms with Crippen LogP contribution in [0.25, 0.3) is 0 Å². The van der Waals surface area contributed by atoms with E-state index in [1.165, 1.54) is 0 Å². The Hall–Kier alpha value is -2.41. The van der Waals surface area contributed by atoms with E-state index in [4.69, 9.17) is 16.2 Å². The zero-order valence-corrected chi connectivity index (χ0v) is 13.3. The van der Waals surface area contributed by atoms with E-state index in [-0.39, 0.29) is 24.9 Å². The Labute approximate surface area is 135 Å². The van der Waals surface area contributed by atoms with Crippen molar-refractivity contribution in [2.24, 2.45) is 17.4 Å². The van der Waals surface area contributed by atoms with E-state index in [0.29, 0.717) is 0 Å². The normalized spacial score (nSPS) is 13.2. The zero-order chi connectivity index (χ0) is 17.4. The molecule has 0 bridgehead atoms. The van der Waals surface area contributed by atoms with Crippen LogP contribution in [0.3, 0.4) is 0 Å². The minimum absolute atomic E-state index is 0.0902. The van der Waals surface area contributed by atoms with Crippen molar-refractivity contribution in [1.29, 1.82) is 0 Å². The quantitative estimate of drug-likeness (QED) is 0.585. The first kappa shape index (κ1) is 18.6. The number of benzene rings is 1. The monoisotopic (exact) mass is 321 g/mol. The van der Waals surface area contributed by atoms with Crippen molar-refractivity contribution in [2.45, 2.75) is 39.0 Å². The molecule has 0 fully saturated rings. The van der Waals surface area contributed by atoms with Crippen molar-refractivity contribution >= 4 is 17.8 Å². The number of carbonyl (C=O) groups excluding carboxylic acids is 3. The predicted octanol–water partition coefficient (Wildman–Crippen LogP) is 0.0733. The molecule has 0 aromatic heterocycles. The lowest BCUT2D eigenvalue weighted by Crippen LogP contribution is -2.50. The van der Waals surface area contributed by atoms with Crippen molar-refractivity contribution in [3.8, 4) is 0 Å². The minimum atomic E-state index is -1.05. The highest BCUT2D eigenvalue weighted by Gasteiger charge is 2.26. The molecule has 2 amide bonds. The molecule has 0 heterocycles. The predicted molar refractivity (Wildman–Crippen MR) is 84.8 cm³/mol. The van der Waals surface area contributed by atoms with Gasteiger partial charge in [-0.1, -0.05) is 44.2 Å². The van der Waals surface area contributed by atoms with Gasteiger partial charge in [0.25, 0.3) is 0 Å². The average molecular weight is 321 g/mol. The third-order valence-corrected chi connectivity index (χ3v) is 3.20. The van der Waals surface area contributed by atoms with Crippen LogP contribution in [-0.4, -0.2) is 29.9 Å². The molecule has 23 heavy (non-hydrogen) atoms. The molecule has 1 rings (SSSR count). The summed E-state index contributed by atoms with van der Waals surface area (Å²) in [7, 11) is 0.